The zero-order valence-electron chi connectivity index (χ0n) is 15.2. The van der Waals surface area contributed by atoms with E-state index in [9.17, 15) is 22.4 Å². The van der Waals surface area contributed by atoms with E-state index in [2.05, 4.69) is 0 Å². The zero-order chi connectivity index (χ0) is 22.3. The third-order valence-corrected chi connectivity index (χ3v) is 5.18. The number of carbonyl (C=O) groups is 1. The molecular formula is C20H12ClF4NO3S. The van der Waals surface area contributed by atoms with E-state index in [4.69, 9.17) is 38.6 Å². The number of thiocarbonyl (C=S) groups is 1. The quantitative estimate of drug-likeness (QED) is 0.465. The van der Waals surface area contributed by atoms with Gasteiger partial charge in [0.15, 0.2) is 16.4 Å². The minimum atomic E-state index is -4.78. The maximum absolute atomic E-state index is 13.5. The second-order valence-corrected chi connectivity index (χ2v) is 7.54. The van der Waals surface area contributed by atoms with Gasteiger partial charge in [-0.2, -0.15) is 18.4 Å². The molecule has 0 saturated carbocycles. The summed E-state index contributed by atoms with van der Waals surface area (Å²) >= 11 is 10.7. The Morgan fingerprint density at radius 1 is 1.30 bits per heavy atom. The molecule has 0 bridgehead atoms. The molecule has 1 aliphatic heterocycles. The lowest BCUT2D eigenvalue weighted by atomic mass is 9.87. The van der Waals surface area contributed by atoms with Crippen molar-refractivity contribution < 1.29 is 31.8 Å². The van der Waals surface area contributed by atoms with Crippen LogP contribution in [0, 0.1) is 17.1 Å². The molecule has 2 unspecified atom stereocenters. The van der Waals surface area contributed by atoms with Gasteiger partial charge < -0.3 is 9.47 Å². The molecule has 0 N–H and O–H groups in total. The van der Waals surface area contributed by atoms with Crippen LogP contribution in [0.3, 0.4) is 0 Å². The van der Waals surface area contributed by atoms with Crippen molar-refractivity contribution in [3.8, 4) is 11.8 Å². The number of ether oxygens (including phenoxy) is 2. The highest BCUT2D eigenvalue weighted by Gasteiger charge is 2.51. The summed E-state index contributed by atoms with van der Waals surface area (Å²) in [4.78, 5) is 13.0. The van der Waals surface area contributed by atoms with Crippen molar-refractivity contribution in [1.29, 1.82) is 5.26 Å². The molecule has 3 rings (SSSR count). The van der Waals surface area contributed by atoms with E-state index in [1.807, 2.05) is 0 Å². The molecule has 2 aromatic carbocycles. The molecule has 156 valence electrons. The Balaban J connectivity index is 1.87. The van der Waals surface area contributed by atoms with E-state index in [1.54, 1.807) is 0 Å². The Morgan fingerprint density at radius 3 is 2.60 bits per heavy atom. The Kier molecular flexibility index (Phi) is 5.76. The fourth-order valence-electron chi connectivity index (χ4n) is 2.99. The number of alkyl halides is 3. The molecule has 1 fully saturated rings. The summed E-state index contributed by atoms with van der Waals surface area (Å²) in [7, 11) is 0. The predicted molar refractivity (Wildman–Crippen MR) is 103 cm³/mol. The largest absolute Gasteiger partial charge is 0.489 e. The number of benzene rings is 2. The average Bonchev–Trinajstić information content (AvgIpc) is 2.90. The van der Waals surface area contributed by atoms with Gasteiger partial charge in [0.25, 0.3) is 0 Å². The standard InChI is InChI=1S/C20H12ClF4NO3S/c1-19(9-28-12-4-5-14(21)15(22)7-12)17(27)16(18(30)29-19)10-2-3-11(8-26)13(6-10)20(23,24)25/h2-7,16H,9H2,1H3. The first-order chi connectivity index (χ1) is 14.0. The highest BCUT2D eigenvalue weighted by molar-refractivity contribution is 7.80. The summed E-state index contributed by atoms with van der Waals surface area (Å²) in [6.45, 7) is 1.02. The van der Waals surface area contributed by atoms with Crippen LogP contribution in [0.25, 0.3) is 0 Å². The van der Waals surface area contributed by atoms with E-state index >= 15 is 0 Å². The first-order valence-corrected chi connectivity index (χ1v) is 9.21. The number of hydrogen-bond donors (Lipinski definition) is 0. The number of rotatable bonds is 4. The number of ketones is 1. The maximum Gasteiger partial charge on any atom is 0.417 e. The molecule has 2 atom stereocenters. The van der Waals surface area contributed by atoms with E-state index < -0.39 is 40.4 Å². The lowest BCUT2D eigenvalue weighted by Crippen LogP contribution is -2.40. The van der Waals surface area contributed by atoms with Crippen LogP contribution in [0.5, 0.6) is 5.75 Å². The molecule has 0 aromatic heterocycles. The van der Waals surface area contributed by atoms with Crippen LogP contribution in [0.2, 0.25) is 5.02 Å². The van der Waals surface area contributed by atoms with E-state index in [-0.39, 0.29) is 28.0 Å². The predicted octanol–water partition coefficient (Wildman–Crippen LogP) is 5.22. The van der Waals surface area contributed by atoms with E-state index in [0.29, 0.717) is 0 Å². The van der Waals surface area contributed by atoms with E-state index in [0.717, 1.165) is 18.2 Å². The fraction of sp³-hybridized carbons (Fsp3) is 0.250. The molecule has 4 nitrogen and oxygen atoms in total. The Hall–Kier alpha value is -2.70. The third-order valence-electron chi connectivity index (χ3n) is 4.55. The van der Waals surface area contributed by atoms with Crippen LogP contribution >= 0.6 is 23.8 Å². The van der Waals surface area contributed by atoms with Gasteiger partial charge in [0, 0.05) is 6.07 Å². The smallest absolute Gasteiger partial charge is 0.417 e. The highest BCUT2D eigenvalue weighted by atomic mass is 35.5. The second kappa shape index (κ2) is 7.85. The molecule has 1 heterocycles. The maximum atomic E-state index is 13.5. The van der Waals surface area contributed by atoms with Crippen LogP contribution in [0.1, 0.15) is 29.5 Å². The molecule has 0 radical (unpaired) electrons. The Morgan fingerprint density at radius 2 is 2.00 bits per heavy atom. The minimum absolute atomic E-state index is 0.0439. The second-order valence-electron chi connectivity index (χ2n) is 6.73. The van der Waals surface area contributed by atoms with Gasteiger partial charge in [-0.25, -0.2) is 4.39 Å². The molecule has 1 aliphatic rings. The van der Waals surface area contributed by atoms with Gasteiger partial charge in [0.05, 0.1) is 22.2 Å². The first-order valence-electron chi connectivity index (χ1n) is 8.42. The van der Waals surface area contributed by atoms with Crippen molar-refractivity contribution in [2.45, 2.75) is 24.6 Å². The molecule has 2 aromatic rings. The zero-order valence-corrected chi connectivity index (χ0v) is 16.8. The molecule has 10 heteroatoms. The van der Waals surface area contributed by atoms with Gasteiger partial charge in [-0.05, 0) is 49.0 Å². The summed E-state index contributed by atoms with van der Waals surface area (Å²) in [6, 6.07) is 8.10. The van der Waals surface area contributed by atoms with Gasteiger partial charge in [-0.3, -0.25) is 4.79 Å². The van der Waals surface area contributed by atoms with Crippen LogP contribution in [0.4, 0.5) is 17.6 Å². The van der Waals surface area contributed by atoms with Crippen LogP contribution in [-0.4, -0.2) is 23.0 Å². The molecular weight excluding hydrogens is 446 g/mol. The van der Waals surface area contributed by atoms with Crippen molar-refractivity contribution >= 4 is 34.7 Å². The Labute approximate surface area is 179 Å². The van der Waals surface area contributed by atoms with Gasteiger partial charge in [-0.15, -0.1) is 0 Å². The van der Waals surface area contributed by atoms with Crippen molar-refractivity contribution in [2.24, 2.45) is 0 Å². The third kappa shape index (κ3) is 4.11. The number of nitrogens with zero attached hydrogens (tertiary/aromatic N) is 1. The monoisotopic (exact) mass is 457 g/mol. The number of carbonyl (C=O) groups excluding carboxylic acids is 1. The van der Waals surface area contributed by atoms with Gasteiger partial charge in [0.2, 0.25) is 0 Å². The van der Waals surface area contributed by atoms with Crippen LogP contribution < -0.4 is 4.74 Å². The number of Topliss-reactive ketones (excluding diaryl/α,β-unsaturated/α-hetero) is 1. The molecule has 0 spiro atoms. The summed E-state index contributed by atoms with van der Waals surface area (Å²) < 4.78 is 64.2. The first kappa shape index (κ1) is 22.0. The van der Waals surface area contributed by atoms with E-state index in [1.165, 1.54) is 31.2 Å². The summed E-state index contributed by atoms with van der Waals surface area (Å²) in [6.07, 6.45) is -4.78. The lowest BCUT2D eigenvalue weighted by molar-refractivity contribution is -0.138. The van der Waals surface area contributed by atoms with Crippen molar-refractivity contribution in [2.75, 3.05) is 6.61 Å². The average molecular weight is 458 g/mol. The summed E-state index contributed by atoms with van der Waals surface area (Å²) in [5, 5.41) is 8.60. The highest BCUT2D eigenvalue weighted by Crippen LogP contribution is 2.39. The van der Waals surface area contributed by atoms with Crippen molar-refractivity contribution in [3.05, 3.63) is 63.9 Å². The van der Waals surface area contributed by atoms with Crippen molar-refractivity contribution in [3.63, 3.8) is 0 Å². The molecule has 0 amide bonds. The molecule has 0 aliphatic carbocycles. The normalized spacial score (nSPS) is 21.3. The minimum Gasteiger partial charge on any atom is -0.489 e. The topological polar surface area (TPSA) is 59.3 Å². The molecule has 30 heavy (non-hydrogen) atoms. The SMILES string of the molecule is CC1(COc2ccc(Cl)c(F)c2)OC(=S)C(c2ccc(C#N)c(C(F)(F)F)c2)C1=O. The molecule has 1 saturated heterocycles. The summed E-state index contributed by atoms with van der Waals surface area (Å²) in [5.41, 5.74) is -3.37. The number of hydrogen-bond acceptors (Lipinski definition) is 5. The summed E-state index contributed by atoms with van der Waals surface area (Å²) in [5.74, 6) is -2.49. The van der Waals surface area contributed by atoms with Gasteiger partial charge >= 0.3 is 6.18 Å². The number of nitriles is 1. The van der Waals surface area contributed by atoms with Gasteiger partial charge in [0.1, 0.15) is 24.1 Å². The Bertz CT molecular complexity index is 1080. The van der Waals surface area contributed by atoms with Crippen LogP contribution in [0.15, 0.2) is 36.4 Å². The van der Waals surface area contributed by atoms with Crippen molar-refractivity contribution in [1.82, 2.24) is 0 Å². The fourth-order valence-corrected chi connectivity index (χ4v) is 3.54. The lowest BCUT2D eigenvalue weighted by Gasteiger charge is -2.22. The van der Waals surface area contributed by atoms with Gasteiger partial charge in [-0.1, -0.05) is 17.7 Å². The van der Waals surface area contributed by atoms with Crippen LogP contribution in [-0.2, 0) is 15.7 Å². The number of halogens is 5.